The van der Waals surface area contributed by atoms with Gasteiger partial charge in [-0.05, 0) is 0 Å². The molecule has 1 heterocycles. The maximum Gasteiger partial charge on any atom is 0.135 e. The van der Waals surface area contributed by atoms with Gasteiger partial charge in [-0.1, -0.05) is 6.92 Å². The van der Waals surface area contributed by atoms with Crippen LogP contribution in [0.2, 0.25) is 0 Å². The molecule has 0 fully saturated rings. The summed E-state index contributed by atoms with van der Waals surface area (Å²) in [6.45, 7) is 2.01. The number of benzene rings is 1. The maximum atomic E-state index is 5.77. The molecule has 0 aliphatic carbocycles. The number of methoxy groups -OCH3 is 3. The first-order valence-corrected chi connectivity index (χ1v) is 6.31. The maximum absolute atomic E-state index is 5.77. The summed E-state index contributed by atoms with van der Waals surface area (Å²) in [5, 5.41) is 8.18. The summed E-state index contributed by atoms with van der Waals surface area (Å²) >= 11 is 0. The highest BCUT2D eigenvalue weighted by Crippen LogP contribution is 2.36. The number of nitrogens with zero attached hydrogens (tertiary/aromatic N) is 2. The lowest BCUT2D eigenvalue weighted by molar-refractivity contribution is 0.374. The molecule has 108 valence electrons. The third kappa shape index (κ3) is 2.54. The van der Waals surface area contributed by atoms with Crippen LogP contribution in [0.4, 0.5) is 0 Å². The molecule has 0 aromatic heterocycles. The second kappa shape index (κ2) is 5.81. The van der Waals surface area contributed by atoms with Gasteiger partial charge in [0.2, 0.25) is 0 Å². The summed E-state index contributed by atoms with van der Waals surface area (Å²) in [6.07, 6.45) is 0.689. The van der Waals surface area contributed by atoms with E-state index >= 15 is 0 Å². The van der Waals surface area contributed by atoms with Gasteiger partial charge in [0.15, 0.2) is 0 Å². The largest absolute Gasteiger partial charge is 0.496 e. The van der Waals surface area contributed by atoms with Crippen molar-refractivity contribution in [2.24, 2.45) is 21.9 Å². The van der Waals surface area contributed by atoms with E-state index in [1.807, 2.05) is 6.92 Å². The van der Waals surface area contributed by atoms with Gasteiger partial charge >= 0.3 is 0 Å². The summed E-state index contributed by atoms with van der Waals surface area (Å²) in [4.78, 5) is 0. The Balaban J connectivity index is 2.55. The van der Waals surface area contributed by atoms with Gasteiger partial charge in [0, 0.05) is 24.5 Å². The Kier molecular flexibility index (Phi) is 4.12. The molecule has 20 heavy (non-hydrogen) atoms. The van der Waals surface area contributed by atoms with E-state index in [9.17, 15) is 0 Å². The fourth-order valence-corrected chi connectivity index (χ4v) is 2.09. The third-order valence-corrected chi connectivity index (χ3v) is 3.29. The van der Waals surface area contributed by atoms with Crippen LogP contribution >= 0.6 is 0 Å². The van der Waals surface area contributed by atoms with E-state index in [0.717, 1.165) is 11.3 Å². The van der Waals surface area contributed by atoms with Crippen molar-refractivity contribution in [3.63, 3.8) is 0 Å². The lowest BCUT2D eigenvalue weighted by atomic mass is 9.96. The second-order valence-electron chi connectivity index (χ2n) is 4.58. The zero-order valence-corrected chi connectivity index (χ0v) is 12.1. The van der Waals surface area contributed by atoms with Crippen molar-refractivity contribution >= 4 is 11.5 Å². The summed E-state index contributed by atoms with van der Waals surface area (Å²) < 4.78 is 16.1. The molecule has 1 aliphatic rings. The van der Waals surface area contributed by atoms with Crippen LogP contribution in [-0.2, 0) is 0 Å². The molecular weight excluding hydrogens is 258 g/mol. The van der Waals surface area contributed by atoms with Crippen molar-refractivity contribution in [1.29, 1.82) is 0 Å². The normalized spacial score (nSPS) is 18.1. The van der Waals surface area contributed by atoms with E-state index in [4.69, 9.17) is 19.9 Å². The smallest absolute Gasteiger partial charge is 0.135 e. The molecule has 6 nitrogen and oxygen atoms in total. The lowest BCUT2D eigenvalue weighted by Crippen LogP contribution is -2.27. The number of amidine groups is 1. The van der Waals surface area contributed by atoms with E-state index in [0.29, 0.717) is 29.5 Å². The van der Waals surface area contributed by atoms with Gasteiger partial charge in [-0.2, -0.15) is 5.10 Å². The number of ether oxygens (including phenoxy) is 3. The first-order valence-electron chi connectivity index (χ1n) is 6.31. The predicted octanol–water partition coefficient (Wildman–Crippen LogP) is 1.81. The number of hydrogen-bond donors (Lipinski definition) is 1. The first kappa shape index (κ1) is 14.2. The van der Waals surface area contributed by atoms with Crippen LogP contribution in [0.1, 0.15) is 18.9 Å². The van der Waals surface area contributed by atoms with E-state index in [1.165, 1.54) is 0 Å². The molecule has 2 N–H and O–H groups in total. The fourth-order valence-electron chi connectivity index (χ4n) is 2.09. The van der Waals surface area contributed by atoms with E-state index in [2.05, 4.69) is 10.2 Å². The fraction of sp³-hybridized carbons (Fsp3) is 0.429. The molecule has 1 unspecified atom stereocenters. The molecule has 1 aliphatic heterocycles. The average Bonchev–Trinajstić information content (AvgIpc) is 2.48. The van der Waals surface area contributed by atoms with E-state index in [-0.39, 0.29) is 5.92 Å². The van der Waals surface area contributed by atoms with Gasteiger partial charge in [-0.15, -0.1) is 5.10 Å². The summed E-state index contributed by atoms with van der Waals surface area (Å²) in [5.41, 5.74) is 7.35. The first-order chi connectivity index (χ1) is 9.60. The Morgan fingerprint density at radius 3 is 2.10 bits per heavy atom. The molecule has 0 saturated carbocycles. The molecule has 6 heteroatoms. The van der Waals surface area contributed by atoms with Crippen LogP contribution in [0.3, 0.4) is 0 Å². The number of hydrogen-bond acceptors (Lipinski definition) is 6. The van der Waals surface area contributed by atoms with Gasteiger partial charge in [0.1, 0.15) is 23.1 Å². The Labute approximate surface area is 118 Å². The van der Waals surface area contributed by atoms with Crippen molar-refractivity contribution in [2.45, 2.75) is 13.3 Å². The monoisotopic (exact) mass is 277 g/mol. The van der Waals surface area contributed by atoms with E-state index in [1.54, 1.807) is 33.5 Å². The molecule has 2 rings (SSSR count). The van der Waals surface area contributed by atoms with Crippen LogP contribution in [-0.4, -0.2) is 32.9 Å². The summed E-state index contributed by atoms with van der Waals surface area (Å²) in [5.74, 6) is 2.62. The van der Waals surface area contributed by atoms with Gasteiger partial charge in [0.05, 0.1) is 32.6 Å². The van der Waals surface area contributed by atoms with Crippen LogP contribution in [0.25, 0.3) is 0 Å². The third-order valence-electron chi connectivity index (χ3n) is 3.29. The van der Waals surface area contributed by atoms with Crippen molar-refractivity contribution in [3.05, 3.63) is 17.7 Å². The minimum atomic E-state index is 0.138. The molecule has 0 bridgehead atoms. The van der Waals surface area contributed by atoms with Crippen LogP contribution in [0, 0.1) is 5.92 Å². The molecule has 1 aromatic rings. The zero-order chi connectivity index (χ0) is 14.7. The molecule has 0 saturated heterocycles. The van der Waals surface area contributed by atoms with Crippen molar-refractivity contribution in [2.75, 3.05) is 21.3 Å². The Morgan fingerprint density at radius 1 is 1.05 bits per heavy atom. The number of nitrogens with two attached hydrogens (primary N) is 1. The number of rotatable bonds is 4. The summed E-state index contributed by atoms with van der Waals surface area (Å²) in [6, 6.07) is 3.60. The van der Waals surface area contributed by atoms with Crippen molar-refractivity contribution < 1.29 is 14.2 Å². The summed E-state index contributed by atoms with van der Waals surface area (Å²) in [7, 11) is 4.80. The topological polar surface area (TPSA) is 78.4 Å². The van der Waals surface area contributed by atoms with E-state index < -0.39 is 0 Å². The molecule has 0 radical (unpaired) electrons. The lowest BCUT2D eigenvalue weighted by Gasteiger charge is -2.20. The minimum Gasteiger partial charge on any atom is -0.496 e. The van der Waals surface area contributed by atoms with Gasteiger partial charge in [-0.25, -0.2) is 0 Å². The Hall–Kier alpha value is -2.24. The second-order valence-corrected chi connectivity index (χ2v) is 4.58. The van der Waals surface area contributed by atoms with Crippen molar-refractivity contribution in [3.8, 4) is 17.2 Å². The van der Waals surface area contributed by atoms with Crippen LogP contribution in [0.5, 0.6) is 17.2 Å². The van der Waals surface area contributed by atoms with Gasteiger partial charge < -0.3 is 19.9 Å². The molecule has 1 atom stereocenters. The molecular formula is C14H19N3O3. The highest BCUT2D eigenvalue weighted by atomic mass is 16.5. The quantitative estimate of drug-likeness (QED) is 0.910. The highest BCUT2D eigenvalue weighted by molar-refractivity contribution is 6.08. The average molecular weight is 277 g/mol. The molecule has 0 spiro atoms. The minimum absolute atomic E-state index is 0.138. The predicted molar refractivity (Wildman–Crippen MR) is 78.0 cm³/mol. The van der Waals surface area contributed by atoms with Gasteiger partial charge in [-0.3, -0.25) is 0 Å². The molecule has 0 amide bonds. The SMILES string of the molecule is COc1cc(OC)c(C2=NN=C(N)C(C)C2)c(OC)c1. The van der Waals surface area contributed by atoms with Gasteiger partial charge in [0.25, 0.3) is 0 Å². The van der Waals surface area contributed by atoms with Crippen molar-refractivity contribution in [1.82, 2.24) is 0 Å². The Morgan fingerprint density at radius 2 is 1.65 bits per heavy atom. The Bertz CT molecular complexity index is 542. The zero-order valence-electron chi connectivity index (χ0n) is 12.1. The molecule has 1 aromatic carbocycles. The van der Waals surface area contributed by atoms with Crippen LogP contribution in [0.15, 0.2) is 22.3 Å². The standard InChI is InChI=1S/C14H19N3O3/c1-8-5-10(16-17-14(8)15)13-11(19-3)6-9(18-2)7-12(13)20-4/h6-8H,5H2,1-4H3,(H2,15,17). The van der Waals surface area contributed by atoms with Crippen LogP contribution < -0.4 is 19.9 Å². The highest BCUT2D eigenvalue weighted by Gasteiger charge is 2.24.